The number of hydrogen-bond donors (Lipinski definition) is 1. The summed E-state index contributed by atoms with van der Waals surface area (Å²) in [6.07, 6.45) is 2.20. The largest absolute Gasteiger partial charge is 0.376 e. The number of amides is 1. The maximum atomic E-state index is 11.8. The highest BCUT2D eigenvalue weighted by Crippen LogP contribution is 2.22. The molecule has 0 unspecified atom stereocenters. The molecule has 0 radical (unpaired) electrons. The third-order valence-electron chi connectivity index (χ3n) is 2.70. The molecule has 1 fully saturated rings. The van der Waals surface area contributed by atoms with Crippen molar-refractivity contribution in [1.29, 1.82) is 0 Å². The van der Waals surface area contributed by atoms with E-state index in [2.05, 4.69) is 5.32 Å². The zero-order valence-corrected chi connectivity index (χ0v) is 10.7. The van der Waals surface area contributed by atoms with E-state index >= 15 is 0 Å². The van der Waals surface area contributed by atoms with Crippen LogP contribution in [0.1, 0.15) is 23.2 Å². The molecule has 0 aliphatic carbocycles. The Morgan fingerprint density at radius 3 is 2.88 bits per heavy atom. The van der Waals surface area contributed by atoms with Crippen LogP contribution in [0.15, 0.2) is 18.2 Å². The highest BCUT2D eigenvalue weighted by atomic mass is 35.5. The van der Waals surface area contributed by atoms with Gasteiger partial charge in [0.2, 0.25) is 0 Å². The number of carbonyl (C=O) groups is 1. The molecule has 0 saturated carbocycles. The molecule has 1 atom stereocenters. The van der Waals surface area contributed by atoms with E-state index in [0.717, 1.165) is 19.4 Å². The normalized spacial score (nSPS) is 19.3. The number of rotatable bonds is 3. The Balaban J connectivity index is 1.92. The second kappa shape index (κ2) is 5.71. The summed E-state index contributed by atoms with van der Waals surface area (Å²) in [6.45, 7) is 1.33. The topological polar surface area (TPSA) is 38.3 Å². The van der Waals surface area contributed by atoms with E-state index in [1.54, 1.807) is 18.2 Å². The minimum absolute atomic E-state index is 0.140. The Morgan fingerprint density at radius 2 is 2.24 bits per heavy atom. The summed E-state index contributed by atoms with van der Waals surface area (Å²) >= 11 is 11.6. The molecule has 17 heavy (non-hydrogen) atoms. The highest BCUT2D eigenvalue weighted by Gasteiger charge is 2.16. The van der Waals surface area contributed by atoms with Crippen molar-refractivity contribution in [1.82, 2.24) is 5.32 Å². The summed E-state index contributed by atoms with van der Waals surface area (Å²) < 4.78 is 5.42. The molecule has 1 heterocycles. The lowest BCUT2D eigenvalue weighted by atomic mass is 10.2. The van der Waals surface area contributed by atoms with Crippen LogP contribution in [0.4, 0.5) is 0 Å². The van der Waals surface area contributed by atoms with Gasteiger partial charge < -0.3 is 10.1 Å². The Morgan fingerprint density at radius 1 is 1.41 bits per heavy atom. The molecule has 5 heteroatoms. The fourth-order valence-electron chi connectivity index (χ4n) is 1.75. The van der Waals surface area contributed by atoms with Crippen molar-refractivity contribution in [2.75, 3.05) is 13.2 Å². The smallest absolute Gasteiger partial charge is 0.251 e. The fourth-order valence-corrected chi connectivity index (χ4v) is 2.05. The maximum Gasteiger partial charge on any atom is 0.251 e. The van der Waals surface area contributed by atoms with Crippen LogP contribution in [0.3, 0.4) is 0 Å². The predicted octanol–water partition coefficient (Wildman–Crippen LogP) is 2.90. The number of benzene rings is 1. The van der Waals surface area contributed by atoms with E-state index in [1.807, 2.05) is 0 Å². The van der Waals surface area contributed by atoms with Gasteiger partial charge in [0.25, 0.3) is 5.91 Å². The van der Waals surface area contributed by atoms with E-state index in [0.29, 0.717) is 22.2 Å². The number of ether oxygens (including phenoxy) is 1. The van der Waals surface area contributed by atoms with E-state index in [1.165, 1.54) is 0 Å². The van der Waals surface area contributed by atoms with Crippen LogP contribution >= 0.6 is 23.2 Å². The van der Waals surface area contributed by atoms with Crippen LogP contribution in [0.5, 0.6) is 0 Å². The summed E-state index contributed by atoms with van der Waals surface area (Å²) in [6, 6.07) is 4.83. The van der Waals surface area contributed by atoms with Gasteiger partial charge in [-0.25, -0.2) is 0 Å². The Hall–Kier alpha value is -0.770. The van der Waals surface area contributed by atoms with Crippen LogP contribution < -0.4 is 5.32 Å². The molecular formula is C12H13Cl2NO2. The van der Waals surface area contributed by atoms with Gasteiger partial charge in [-0.3, -0.25) is 4.79 Å². The molecule has 1 aliphatic heterocycles. The minimum atomic E-state index is -0.154. The van der Waals surface area contributed by atoms with Gasteiger partial charge in [0.1, 0.15) is 0 Å². The second-order valence-electron chi connectivity index (χ2n) is 3.97. The lowest BCUT2D eigenvalue weighted by molar-refractivity contribution is 0.0858. The minimum Gasteiger partial charge on any atom is -0.376 e. The Bertz CT molecular complexity index is 417. The van der Waals surface area contributed by atoms with Crippen LogP contribution in [-0.4, -0.2) is 25.2 Å². The van der Waals surface area contributed by atoms with Gasteiger partial charge in [-0.15, -0.1) is 0 Å². The first-order valence-corrected chi connectivity index (χ1v) is 6.27. The number of nitrogens with one attached hydrogen (secondary N) is 1. The summed E-state index contributed by atoms with van der Waals surface area (Å²) in [5.74, 6) is -0.154. The number of carbonyl (C=O) groups excluding carboxylic acids is 1. The summed E-state index contributed by atoms with van der Waals surface area (Å²) in [7, 11) is 0. The molecular weight excluding hydrogens is 261 g/mol. The van der Waals surface area contributed by atoms with Crippen molar-refractivity contribution in [2.24, 2.45) is 0 Å². The highest BCUT2D eigenvalue weighted by molar-refractivity contribution is 6.42. The van der Waals surface area contributed by atoms with Gasteiger partial charge in [-0.2, -0.15) is 0 Å². The molecule has 1 aliphatic rings. The zero-order valence-electron chi connectivity index (χ0n) is 9.21. The average Bonchev–Trinajstić information content (AvgIpc) is 2.82. The van der Waals surface area contributed by atoms with Gasteiger partial charge in [-0.1, -0.05) is 23.2 Å². The standard InChI is InChI=1S/C12H13Cl2NO2/c13-10-4-3-8(6-11(10)14)12(16)15-7-9-2-1-5-17-9/h3-4,6,9H,1-2,5,7H2,(H,15,16)/t9-/m0/s1. The quantitative estimate of drug-likeness (QED) is 0.920. The number of halogens is 2. The molecule has 0 spiro atoms. The summed E-state index contributed by atoms with van der Waals surface area (Å²) in [4.78, 5) is 11.8. The van der Waals surface area contributed by atoms with E-state index in [-0.39, 0.29) is 12.0 Å². The Labute approximate surface area is 110 Å². The molecule has 0 bridgehead atoms. The second-order valence-corrected chi connectivity index (χ2v) is 4.79. The molecule has 1 amide bonds. The fraction of sp³-hybridized carbons (Fsp3) is 0.417. The molecule has 0 aromatic heterocycles. The third-order valence-corrected chi connectivity index (χ3v) is 3.44. The molecule has 1 saturated heterocycles. The molecule has 1 N–H and O–H groups in total. The first-order valence-electron chi connectivity index (χ1n) is 5.51. The third kappa shape index (κ3) is 3.35. The van der Waals surface area contributed by atoms with Gasteiger partial charge in [0.15, 0.2) is 0 Å². The average molecular weight is 274 g/mol. The van der Waals surface area contributed by atoms with Gasteiger partial charge >= 0.3 is 0 Å². The first-order chi connectivity index (χ1) is 8.16. The predicted molar refractivity (Wildman–Crippen MR) is 67.8 cm³/mol. The number of hydrogen-bond acceptors (Lipinski definition) is 2. The SMILES string of the molecule is O=C(NC[C@@H]1CCCO1)c1ccc(Cl)c(Cl)c1. The first kappa shape index (κ1) is 12.7. The monoisotopic (exact) mass is 273 g/mol. The van der Waals surface area contributed by atoms with Crippen LogP contribution in [0.25, 0.3) is 0 Å². The van der Waals surface area contributed by atoms with Gasteiger partial charge in [-0.05, 0) is 31.0 Å². The van der Waals surface area contributed by atoms with Crippen LogP contribution in [0, 0.1) is 0 Å². The zero-order chi connectivity index (χ0) is 12.3. The van der Waals surface area contributed by atoms with E-state index in [9.17, 15) is 4.79 Å². The van der Waals surface area contributed by atoms with Gasteiger partial charge in [0, 0.05) is 18.7 Å². The molecule has 1 aromatic rings. The molecule has 1 aromatic carbocycles. The maximum absolute atomic E-state index is 11.8. The van der Waals surface area contributed by atoms with Gasteiger partial charge in [0.05, 0.1) is 16.1 Å². The molecule has 3 nitrogen and oxygen atoms in total. The van der Waals surface area contributed by atoms with Crippen molar-refractivity contribution in [3.8, 4) is 0 Å². The van der Waals surface area contributed by atoms with Crippen LogP contribution in [-0.2, 0) is 4.74 Å². The van der Waals surface area contributed by atoms with Crippen molar-refractivity contribution in [2.45, 2.75) is 18.9 Å². The lowest BCUT2D eigenvalue weighted by Crippen LogP contribution is -2.31. The van der Waals surface area contributed by atoms with Crippen molar-refractivity contribution >= 4 is 29.1 Å². The van der Waals surface area contributed by atoms with E-state index in [4.69, 9.17) is 27.9 Å². The summed E-state index contributed by atoms with van der Waals surface area (Å²) in [5, 5.41) is 3.65. The van der Waals surface area contributed by atoms with Crippen molar-refractivity contribution in [3.05, 3.63) is 33.8 Å². The molecule has 2 rings (SSSR count). The van der Waals surface area contributed by atoms with Crippen molar-refractivity contribution in [3.63, 3.8) is 0 Å². The Kier molecular flexibility index (Phi) is 4.26. The van der Waals surface area contributed by atoms with Crippen molar-refractivity contribution < 1.29 is 9.53 Å². The van der Waals surface area contributed by atoms with Crippen LogP contribution in [0.2, 0.25) is 10.0 Å². The lowest BCUT2D eigenvalue weighted by Gasteiger charge is -2.11. The molecule has 92 valence electrons. The van der Waals surface area contributed by atoms with E-state index < -0.39 is 0 Å². The summed E-state index contributed by atoms with van der Waals surface area (Å²) in [5.41, 5.74) is 0.511.